The molecule has 0 radical (unpaired) electrons. The monoisotopic (exact) mass is 229 g/mol. The van der Waals surface area contributed by atoms with Gasteiger partial charge >= 0.3 is 0 Å². The number of imidazole rings is 1. The van der Waals surface area contributed by atoms with Crippen molar-refractivity contribution in [1.82, 2.24) is 4.57 Å². The van der Waals surface area contributed by atoms with Crippen molar-refractivity contribution < 1.29 is 4.57 Å². The summed E-state index contributed by atoms with van der Waals surface area (Å²) in [5, 5.41) is 0. The summed E-state index contributed by atoms with van der Waals surface area (Å²) in [6.07, 6.45) is 7.62. The fraction of sp³-hybridized carbons (Fsp3) is 0.400. The van der Waals surface area contributed by atoms with Crippen molar-refractivity contribution >= 4 is 0 Å². The minimum atomic E-state index is 1.08. The maximum Gasteiger partial charge on any atom is 0.248 e. The van der Waals surface area contributed by atoms with Gasteiger partial charge < -0.3 is 0 Å². The molecule has 0 spiro atoms. The smallest absolute Gasteiger partial charge is 0.236 e. The van der Waals surface area contributed by atoms with Crippen molar-refractivity contribution in [2.45, 2.75) is 40.7 Å². The van der Waals surface area contributed by atoms with Gasteiger partial charge in [0.1, 0.15) is 18.1 Å². The number of rotatable bonds is 3. The van der Waals surface area contributed by atoms with Gasteiger partial charge in [-0.15, -0.1) is 0 Å². The van der Waals surface area contributed by atoms with E-state index in [2.05, 4.69) is 67.7 Å². The molecule has 2 rings (SSSR count). The van der Waals surface area contributed by atoms with Gasteiger partial charge in [-0.3, -0.25) is 0 Å². The lowest BCUT2D eigenvalue weighted by Crippen LogP contribution is -2.30. The molecule has 0 unspecified atom stereocenters. The molecule has 90 valence electrons. The van der Waals surface area contributed by atoms with Crippen molar-refractivity contribution in [2.75, 3.05) is 0 Å². The molecule has 1 aromatic heterocycles. The van der Waals surface area contributed by atoms with Crippen LogP contribution in [-0.4, -0.2) is 4.57 Å². The molecule has 0 amide bonds. The molecule has 0 N–H and O–H groups in total. The van der Waals surface area contributed by atoms with Crippen LogP contribution in [0.15, 0.2) is 30.9 Å². The Morgan fingerprint density at radius 2 is 1.76 bits per heavy atom. The first-order valence-corrected chi connectivity index (χ1v) is 6.27. The highest BCUT2D eigenvalue weighted by Crippen LogP contribution is 2.15. The third kappa shape index (κ3) is 2.41. The van der Waals surface area contributed by atoms with Gasteiger partial charge in [-0.25, -0.2) is 9.13 Å². The fourth-order valence-corrected chi connectivity index (χ4v) is 2.50. The number of aromatic nitrogens is 2. The molecule has 2 heteroatoms. The summed E-state index contributed by atoms with van der Waals surface area (Å²) in [5.41, 5.74) is 5.31. The quantitative estimate of drug-likeness (QED) is 0.715. The third-order valence-electron chi connectivity index (χ3n) is 3.07. The van der Waals surface area contributed by atoms with E-state index in [-0.39, 0.29) is 0 Å². The second-order valence-electron chi connectivity index (χ2n) is 4.81. The van der Waals surface area contributed by atoms with E-state index in [1.54, 1.807) is 0 Å². The van der Waals surface area contributed by atoms with Gasteiger partial charge in [0.2, 0.25) is 6.33 Å². The maximum atomic E-state index is 2.24. The van der Waals surface area contributed by atoms with Crippen LogP contribution < -0.4 is 4.57 Å². The van der Waals surface area contributed by atoms with Crippen LogP contribution in [0.4, 0.5) is 0 Å². The normalized spacial score (nSPS) is 10.8. The average molecular weight is 229 g/mol. The summed E-state index contributed by atoms with van der Waals surface area (Å²) in [7, 11) is 0. The second kappa shape index (κ2) is 4.74. The Morgan fingerprint density at radius 3 is 2.35 bits per heavy atom. The topological polar surface area (TPSA) is 8.81 Å². The first-order valence-electron chi connectivity index (χ1n) is 6.27. The number of benzene rings is 1. The zero-order valence-electron chi connectivity index (χ0n) is 11.2. The molecule has 2 nitrogen and oxygen atoms in total. The Morgan fingerprint density at radius 1 is 1.12 bits per heavy atom. The molecular weight excluding hydrogens is 208 g/mol. The molecule has 0 saturated heterocycles. The van der Waals surface area contributed by atoms with Crippen LogP contribution >= 0.6 is 0 Å². The molecule has 0 aliphatic carbocycles. The van der Waals surface area contributed by atoms with E-state index in [0.717, 1.165) is 6.54 Å². The molecule has 0 saturated carbocycles. The van der Waals surface area contributed by atoms with Crippen molar-refractivity contribution in [2.24, 2.45) is 0 Å². The van der Waals surface area contributed by atoms with Crippen LogP contribution in [0.2, 0.25) is 0 Å². The van der Waals surface area contributed by atoms with Gasteiger partial charge in [0, 0.05) is 0 Å². The van der Waals surface area contributed by atoms with Crippen molar-refractivity contribution in [3.63, 3.8) is 0 Å². The number of hydrogen-bond donors (Lipinski definition) is 0. The predicted molar refractivity (Wildman–Crippen MR) is 70.5 cm³/mol. The predicted octanol–water partition coefficient (Wildman–Crippen LogP) is 3.10. The molecule has 0 aliphatic rings. The van der Waals surface area contributed by atoms with E-state index >= 15 is 0 Å². The molecule has 17 heavy (non-hydrogen) atoms. The van der Waals surface area contributed by atoms with E-state index in [0.29, 0.717) is 0 Å². The molecule has 0 atom stereocenters. The van der Waals surface area contributed by atoms with Gasteiger partial charge in [-0.2, -0.15) is 0 Å². The first-order chi connectivity index (χ1) is 8.11. The Hall–Kier alpha value is -1.57. The summed E-state index contributed by atoms with van der Waals surface area (Å²) in [4.78, 5) is 0. The van der Waals surface area contributed by atoms with E-state index < -0.39 is 0 Å². The lowest BCUT2D eigenvalue weighted by Gasteiger charge is -2.06. The van der Waals surface area contributed by atoms with Gasteiger partial charge in [-0.05, 0) is 38.3 Å². The SMILES string of the molecule is CCCn1cc[n+](-c2c(C)cc(C)cc2C)c1. The minimum Gasteiger partial charge on any atom is -0.236 e. The summed E-state index contributed by atoms with van der Waals surface area (Å²) in [5.74, 6) is 0. The zero-order chi connectivity index (χ0) is 12.4. The number of hydrogen-bond acceptors (Lipinski definition) is 0. The van der Waals surface area contributed by atoms with E-state index in [1.165, 1.54) is 28.8 Å². The molecule has 2 aromatic rings. The molecule has 0 fully saturated rings. The van der Waals surface area contributed by atoms with Crippen LogP contribution in [0.1, 0.15) is 30.0 Å². The zero-order valence-corrected chi connectivity index (χ0v) is 11.2. The largest absolute Gasteiger partial charge is 0.248 e. The Bertz CT molecular complexity index is 500. The van der Waals surface area contributed by atoms with Crippen molar-refractivity contribution in [3.8, 4) is 5.69 Å². The lowest BCUT2D eigenvalue weighted by molar-refractivity contribution is -0.596. The van der Waals surface area contributed by atoms with E-state index in [4.69, 9.17) is 0 Å². The van der Waals surface area contributed by atoms with Crippen LogP contribution in [0.5, 0.6) is 0 Å². The highest BCUT2D eigenvalue weighted by Gasteiger charge is 2.12. The molecular formula is C15H21N2+. The van der Waals surface area contributed by atoms with Crippen LogP contribution in [0.3, 0.4) is 0 Å². The Kier molecular flexibility index (Phi) is 3.32. The fourth-order valence-electron chi connectivity index (χ4n) is 2.50. The standard InChI is InChI=1S/C15H21N2/c1-5-6-16-7-8-17(11-16)15-13(3)9-12(2)10-14(15)4/h7-11H,5-6H2,1-4H3/q+1. The van der Waals surface area contributed by atoms with Crippen molar-refractivity contribution in [1.29, 1.82) is 0 Å². The summed E-state index contributed by atoms with van der Waals surface area (Å²) in [6, 6.07) is 4.49. The summed E-state index contributed by atoms with van der Waals surface area (Å²) >= 11 is 0. The summed E-state index contributed by atoms with van der Waals surface area (Å²) < 4.78 is 4.46. The van der Waals surface area contributed by atoms with Gasteiger partial charge in [-0.1, -0.05) is 24.6 Å². The van der Waals surface area contributed by atoms with Crippen LogP contribution in [-0.2, 0) is 6.54 Å². The molecule has 1 heterocycles. The number of nitrogens with zero attached hydrogens (tertiary/aromatic N) is 2. The van der Waals surface area contributed by atoms with E-state index in [9.17, 15) is 0 Å². The number of aryl methyl sites for hydroxylation is 4. The average Bonchev–Trinajstić information content (AvgIpc) is 2.65. The third-order valence-corrected chi connectivity index (χ3v) is 3.07. The molecule has 1 aromatic carbocycles. The van der Waals surface area contributed by atoms with Crippen LogP contribution in [0.25, 0.3) is 5.69 Å². The van der Waals surface area contributed by atoms with E-state index in [1.807, 2.05) is 0 Å². The Balaban J connectivity index is 2.45. The lowest BCUT2D eigenvalue weighted by atomic mass is 10.1. The molecule has 0 aliphatic heterocycles. The van der Waals surface area contributed by atoms with Crippen molar-refractivity contribution in [3.05, 3.63) is 47.5 Å². The second-order valence-corrected chi connectivity index (χ2v) is 4.81. The molecule has 0 bridgehead atoms. The highest BCUT2D eigenvalue weighted by molar-refractivity contribution is 5.43. The van der Waals surface area contributed by atoms with Crippen LogP contribution in [0, 0.1) is 20.8 Å². The maximum absolute atomic E-state index is 2.24. The minimum absolute atomic E-state index is 1.08. The summed E-state index contributed by atoms with van der Waals surface area (Å²) in [6.45, 7) is 9.79. The van der Waals surface area contributed by atoms with Gasteiger partial charge in [0.25, 0.3) is 0 Å². The highest BCUT2D eigenvalue weighted by atomic mass is 15.1. The first kappa shape index (κ1) is 11.9. The van der Waals surface area contributed by atoms with Gasteiger partial charge in [0.15, 0.2) is 0 Å². The van der Waals surface area contributed by atoms with Gasteiger partial charge in [0.05, 0.1) is 6.54 Å². The Labute approximate surface area is 104 Å².